The molecule has 8 heteroatoms. The molecule has 5 rings (SSSR count). The maximum Gasteiger partial charge on any atom is 0.223 e. The summed E-state index contributed by atoms with van der Waals surface area (Å²) in [6.45, 7) is 5.86. The molecule has 1 atom stereocenters. The zero-order chi connectivity index (χ0) is 21.2. The van der Waals surface area contributed by atoms with Crippen LogP contribution in [0.25, 0.3) is 16.4 Å². The minimum atomic E-state index is -0.0703. The van der Waals surface area contributed by atoms with Gasteiger partial charge in [0.1, 0.15) is 12.4 Å². The number of aromatic nitrogens is 4. The Balaban J connectivity index is 1.43. The molecule has 0 aliphatic carbocycles. The predicted molar refractivity (Wildman–Crippen MR) is 123 cm³/mol. The minimum Gasteiger partial charge on any atom is -0.476 e. The number of nitrogens with one attached hydrogen (secondary N) is 1. The molecule has 1 saturated heterocycles. The molecule has 0 saturated carbocycles. The van der Waals surface area contributed by atoms with Crippen molar-refractivity contribution in [3.8, 4) is 5.88 Å². The highest BCUT2D eigenvalue weighted by atomic mass is 35.5. The van der Waals surface area contributed by atoms with E-state index >= 15 is 0 Å². The summed E-state index contributed by atoms with van der Waals surface area (Å²) in [5.41, 5.74) is 1.67. The molecule has 0 unspecified atom stereocenters. The van der Waals surface area contributed by atoms with Gasteiger partial charge in [-0.15, -0.1) is 0 Å². The highest BCUT2D eigenvalue weighted by Crippen LogP contribution is 2.33. The Hall–Kier alpha value is -2.90. The van der Waals surface area contributed by atoms with Crippen LogP contribution < -0.4 is 10.1 Å². The molecule has 4 aromatic rings. The average Bonchev–Trinajstić information content (AvgIpc) is 3.46. The van der Waals surface area contributed by atoms with Crippen LogP contribution in [0.2, 0.25) is 5.02 Å². The summed E-state index contributed by atoms with van der Waals surface area (Å²) in [5, 5.41) is 10.4. The fourth-order valence-electron chi connectivity index (χ4n) is 4.10. The van der Waals surface area contributed by atoms with Crippen LogP contribution in [0.4, 0.5) is 5.82 Å². The predicted octanol–water partition coefficient (Wildman–Crippen LogP) is 4.58. The van der Waals surface area contributed by atoms with Gasteiger partial charge in [0, 0.05) is 18.8 Å². The van der Waals surface area contributed by atoms with Crippen molar-refractivity contribution < 1.29 is 4.74 Å². The van der Waals surface area contributed by atoms with Crippen molar-refractivity contribution in [2.75, 3.05) is 31.6 Å². The molecule has 7 nitrogen and oxygen atoms in total. The number of rotatable bonds is 7. The van der Waals surface area contributed by atoms with Gasteiger partial charge >= 0.3 is 0 Å². The van der Waals surface area contributed by atoms with Crippen molar-refractivity contribution in [2.24, 2.45) is 0 Å². The van der Waals surface area contributed by atoms with Gasteiger partial charge < -0.3 is 10.1 Å². The molecule has 0 radical (unpaired) electrons. The van der Waals surface area contributed by atoms with E-state index in [0.29, 0.717) is 17.5 Å². The van der Waals surface area contributed by atoms with Gasteiger partial charge in [-0.3, -0.25) is 4.90 Å². The number of anilines is 1. The SMILES string of the molecule is C[C@H](Nc1ccnc2ccnn12)c1cc2cccc(Cl)c2c(OCCN2CCCC2)n1. The number of pyridine rings is 1. The van der Waals surface area contributed by atoms with Crippen LogP contribution in [0.3, 0.4) is 0 Å². The number of benzene rings is 1. The zero-order valence-electron chi connectivity index (χ0n) is 17.5. The standard InChI is InChI=1S/C23H25ClN6O/c1-16(27-21-7-9-25-20-8-10-26-30(20)21)19-15-17-5-4-6-18(24)22(17)23(28-19)31-14-13-29-11-2-3-12-29/h4-10,15-16,27H,2-3,11-14H2,1H3/t16-/m0/s1. The molecule has 3 aromatic heterocycles. The Labute approximate surface area is 186 Å². The Bertz CT molecular complexity index is 1200. The van der Waals surface area contributed by atoms with Gasteiger partial charge in [0.25, 0.3) is 0 Å². The number of fused-ring (bicyclic) bond motifs is 2. The molecule has 1 aliphatic rings. The van der Waals surface area contributed by atoms with Crippen LogP contribution in [0.5, 0.6) is 5.88 Å². The lowest BCUT2D eigenvalue weighted by Crippen LogP contribution is -2.25. The van der Waals surface area contributed by atoms with Crippen molar-refractivity contribution in [3.05, 3.63) is 59.5 Å². The maximum absolute atomic E-state index is 6.52. The highest BCUT2D eigenvalue weighted by Gasteiger charge is 2.17. The molecular formula is C23H25ClN6O. The molecule has 4 heterocycles. The third kappa shape index (κ3) is 4.16. The lowest BCUT2D eigenvalue weighted by atomic mass is 10.1. The Morgan fingerprint density at radius 1 is 1.16 bits per heavy atom. The van der Waals surface area contributed by atoms with E-state index in [4.69, 9.17) is 21.3 Å². The summed E-state index contributed by atoms with van der Waals surface area (Å²) in [5.74, 6) is 1.44. The van der Waals surface area contributed by atoms with Gasteiger partial charge in [-0.1, -0.05) is 23.7 Å². The number of ether oxygens (including phenoxy) is 1. The van der Waals surface area contributed by atoms with Crippen LogP contribution >= 0.6 is 11.6 Å². The fraction of sp³-hybridized carbons (Fsp3) is 0.348. The number of halogens is 1. The normalized spacial score (nSPS) is 15.5. The van der Waals surface area contributed by atoms with Crippen LogP contribution in [0.1, 0.15) is 31.5 Å². The first-order chi connectivity index (χ1) is 15.2. The second kappa shape index (κ2) is 8.69. The second-order valence-corrected chi connectivity index (χ2v) is 8.29. The van der Waals surface area contributed by atoms with Crippen molar-refractivity contribution in [1.82, 2.24) is 24.5 Å². The Morgan fingerprint density at radius 3 is 2.90 bits per heavy atom. The Kier molecular flexibility index (Phi) is 5.61. The number of hydrogen-bond donors (Lipinski definition) is 1. The summed E-state index contributed by atoms with van der Waals surface area (Å²) in [7, 11) is 0. The van der Waals surface area contributed by atoms with E-state index < -0.39 is 0 Å². The van der Waals surface area contributed by atoms with Gasteiger partial charge in [0.2, 0.25) is 5.88 Å². The van der Waals surface area contributed by atoms with Gasteiger partial charge in [0.15, 0.2) is 5.65 Å². The van der Waals surface area contributed by atoms with E-state index in [2.05, 4.69) is 33.3 Å². The lowest BCUT2D eigenvalue weighted by molar-refractivity contribution is 0.233. The summed E-state index contributed by atoms with van der Waals surface area (Å²) in [6.07, 6.45) is 6.04. The summed E-state index contributed by atoms with van der Waals surface area (Å²) >= 11 is 6.52. The third-order valence-corrected chi connectivity index (χ3v) is 6.05. The van der Waals surface area contributed by atoms with Crippen LogP contribution in [-0.2, 0) is 0 Å². The molecule has 1 N–H and O–H groups in total. The summed E-state index contributed by atoms with van der Waals surface area (Å²) in [6, 6.07) is 11.7. The second-order valence-electron chi connectivity index (χ2n) is 7.88. The van der Waals surface area contributed by atoms with Gasteiger partial charge in [-0.05, 0) is 56.4 Å². The minimum absolute atomic E-state index is 0.0703. The molecule has 1 fully saturated rings. The van der Waals surface area contributed by atoms with Crippen LogP contribution in [0, 0.1) is 0 Å². The van der Waals surface area contributed by atoms with E-state index in [1.54, 1.807) is 16.9 Å². The molecule has 160 valence electrons. The summed E-state index contributed by atoms with van der Waals surface area (Å²) in [4.78, 5) is 11.6. The molecule has 0 spiro atoms. The number of nitrogens with zero attached hydrogens (tertiary/aromatic N) is 5. The van der Waals surface area contributed by atoms with E-state index in [0.717, 1.165) is 47.6 Å². The first-order valence-electron chi connectivity index (χ1n) is 10.7. The molecule has 0 bridgehead atoms. The highest BCUT2D eigenvalue weighted by molar-refractivity contribution is 6.36. The van der Waals surface area contributed by atoms with E-state index in [-0.39, 0.29) is 6.04 Å². The van der Waals surface area contributed by atoms with Gasteiger partial charge in [-0.25, -0.2) is 9.97 Å². The molecular weight excluding hydrogens is 412 g/mol. The topological polar surface area (TPSA) is 67.6 Å². The van der Waals surface area contributed by atoms with Crippen LogP contribution in [0.15, 0.2) is 48.8 Å². The first-order valence-corrected chi connectivity index (χ1v) is 11.1. The van der Waals surface area contributed by atoms with E-state index in [1.165, 1.54) is 12.8 Å². The molecule has 1 aromatic carbocycles. The molecule has 0 amide bonds. The summed E-state index contributed by atoms with van der Waals surface area (Å²) < 4.78 is 7.95. The molecule has 31 heavy (non-hydrogen) atoms. The van der Waals surface area contributed by atoms with Crippen molar-refractivity contribution in [1.29, 1.82) is 0 Å². The molecule has 1 aliphatic heterocycles. The quantitative estimate of drug-likeness (QED) is 0.457. The maximum atomic E-state index is 6.52. The monoisotopic (exact) mass is 436 g/mol. The van der Waals surface area contributed by atoms with Crippen molar-refractivity contribution in [3.63, 3.8) is 0 Å². The van der Waals surface area contributed by atoms with E-state index in [1.807, 2.05) is 30.3 Å². The third-order valence-electron chi connectivity index (χ3n) is 5.74. The number of likely N-dealkylation sites (tertiary alicyclic amines) is 1. The first kappa shape index (κ1) is 20.0. The smallest absolute Gasteiger partial charge is 0.223 e. The number of hydrogen-bond acceptors (Lipinski definition) is 6. The average molecular weight is 437 g/mol. The van der Waals surface area contributed by atoms with Crippen molar-refractivity contribution in [2.45, 2.75) is 25.8 Å². The van der Waals surface area contributed by atoms with Gasteiger partial charge in [0.05, 0.1) is 28.3 Å². The van der Waals surface area contributed by atoms with Crippen LogP contribution in [-0.4, -0.2) is 50.7 Å². The lowest BCUT2D eigenvalue weighted by Gasteiger charge is -2.19. The van der Waals surface area contributed by atoms with E-state index in [9.17, 15) is 0 Å². The fourth-order valence-corrected chi connectivity index (χ4v) is 4.36. The van der Waals surface area contributed by atoms with Crippen molar-refractivity contribution >= 4 is 33.8 Å². The Morgan fingerprint density at radius 2 is 2.03 bits per heavy atom. The largest absolute Gasteiger partial charge is 0.476 e. The van der Waals surface area contributed by atoms with Gasteiger partial charge in [-0.2, -0.15) is 9.61 Å². The zero-order valence-corrected chi connectivity index (χ0v) is 18.2.